The van der Waals surface area contributed by atoms with Gasteiger partial charge >= 0.3 is 5.97 Å². The molecule has 3 aromatic carbocycles. The first-order chi connectivity index (χ1) is 17.1. The number of para-hydroxylation sites is 1. The molecule has 0 atom stereocenters. The topological polar surface area (TPSA) is 47.9 Å². The monoisotopic (exact) mass is 465 g/mol. The van der Waals surface area contributed by atoms with E-state index in [1.165, 1.54) is 19.3 Å². The van der Waals surface area contributed by atoms with Gasteiger partial charge in [0, 0.05) is 11.8 Å². The fourth-order valence-electron chi connectivity index (χ4n) is 7.01. The molecule has 0 aromatic heterocycles. The lowest BCUT2D eigenvalue weighted by atomic mass is 9.49. The van der Waals surface area contributed by atoms with Gasteiger partial charge in [-0.15, -0.1) is 0 Å². The van der Waals surface area contributed by atoms with E-state index in [0.717, 1.165) is 41.6 Å². The predicted octanol–water partition coefficient (Wildman–Crippen LogP) is 7.23. The fraction of sp³-hybridized carbons (Fsp3) is 0.355. The highest BCUT2D eigenvalue weighted by atomic mass is 16.6. The molecule has 4 aliphatic rings. The van der Waals surface area contributed by atoms with Crippen LogP contribution >= 0.6 is 0 Å². The summed E-state index contributed by atoms with van der Waals surface area (Å²) in [5.74, 6) is 3.10. The highest BCUT2D eigenvalue weighted by Crippen LogP contribution is 2.60. The number of ether oxygens (including phenoxy) is 2. The van der Waals surface area contributed by atoms with Crippen LogP contribution in [0.25, 0.3) is 11.1 Å². The minimum Gasteiger partial charge on any atom is -0.493 e. The van der Waals surface area contributed by atoms with Crippen LogP contribution in [0.5, 0.6) is 11.5 Å². The van der Waals surface area contributed by atoms with Gasteiger partial charge in [-0.1, -0.05) is 48.5 Å². The zero-order valence-corrected chi connectivity index (χ0v) is 20.2. The van der Waals surface area contributed by atoms with Gasteiger partial charge in [0.05, 0.1) is 18.2 Å². The molecule has 4 heteroatoms. The molecule has 0 saturated heterocycles. The van der Waals surface area contributed by atoms with Crippen LogP contribution in [0.4, 0.5) is 5.69 Å². The van der Waals surface area contributed by atoms with E-state index in [1.807, 2.05) is 60.8 Å². The van der Waals surface area contributed by atoms with Crippen molar-refractivity contribution in [1.82, 2.24) is 0 Å². The van der Waals surface area contributed by atoms with Gasteiger partial charge < -0.3 is 9.47 Å². The van der Waals surface area contributed by atoms with Crippen molar-refractivity contribution in [1.29, 1.82) is 0 Å². The molecule has 3 aromatic rings. The SMILES string of the molecule is COc1cc(C=Nc2ccccc2-c2ccccc2)ccc1OC(=O)C12CC3CC(CC(C3)C1)C2. The summed E-state index contributed by atoms with van der Waals surface area (Å²) in [4.78, 5) is 18.2. The van der Waals surface area contributed by atoms with E-state index < -0.39 is 0 Å². The third-order valence-electron chi connectivity index (χ3n) is 8.20. The number of aliphatic imine (C=N–C) groups is 1. The quantitative estimate of drug-likeness (QED) is 0.219. The number of nitrogens with zero attached hydrogens (tertiary/aromatic N) is 1. The number of methoxy groups -OCH3 is 1. The van der Waals surface area contributed by atoms with Gasteiger partial charge in [0.15, 0.2) is 11.5 Å². The molecular formula is C31H31NO3. The van der Waals surface area contributed by atoms with Gasteiger partial charge in [0.25, 0.3) is 0 Å². The standard InChI is InChI=1S/C31H31NO3/c1-34-29-16-21(20-32-27-10-6-5-9-26(27)25-7-3-2-4-8-25)11-12-28(29)35-30(33)31-17-22-13-23(18-31)15-24(14-22)19-31/h2-12,16,20,22-24H,13-15,17-19H2,1H3. The lowest BCUT2D eigenvalue weighted by Gasteiger charge is -2.55. The van der Waals surface area contributed by atoms with Crippen molar-refractivity contribution in [2.45, 2.75) is 38.5 Å². The molecule has 35 heavy (non-hydrogen) atoms. The molecule has 7 rings (SSSR count). The van der Waals surface area contributed by atoms with E-state index in [0.29, 0.717) is 29.3 Å². The molecule has 4 fully saturated rings. The number of hydrogen-bond donors (Lipinski definition) is 0. The first-order valence-electron chi connectivity index (χ1n) is 12.7. The maximum atomic E-state index is 13.4. The Kier molecular flexibility index (Phi) is 5.68. The van der Waals surface area contributed by atoms with Crippen molar-refractivity contribution in [2.24, 2.45) is 28.2 Å². The molecule has 4 bridgehead atoms. The molecule has 4 saturated carbocycles. The molecule has 0 unspecified atom stereocenters. The zero-order valence-electron chi connectivity index (χ0n) is 20.2. The molecule has 0 radical (unpaired) electrons. The summed E-state index contributed by atoms with van der Waals surface area (Å²) >= 11 is 0. The average Bonchev–Trinajstić information content (AvgIpc) is 2.88. The van der Waals surface area contributed by atoms with Crippen LogP contribution in [0.2, 0.25) is 0 Å². The van der Waals surface area contributed by atoms with Crippen LogP contribution in [0.1, 0.15) is 44.1 Å². The van der Waals surface area contributed by atoms with Crippen molar-refractivity contribution in [3.8, 4) is 22.6 Å². The summed E-state index contributed by atoms with van der Waals surface area (Å²) in [5.41, 5.74) is 3.71. The second-order valence-corrected chi connectivity index (χ2v) is 10.6. The van der Waals surface area contributed by atoms with Crippen LogP contribution in [-0.4, -0.2) is 19.3 Å². The molecule has 4 nitrogen and oxygen atoms in total. The van der Waals surface area contributed by atoms with E-state index >= 15 is 0 Å². The number of hydrogen-bond acceptors (Lipinski definition) is 4. The molecule has 0 N–H and O–H groups in total. The van der Waals surface area contributed by atoms with Crippen LogP contribution in [0, 0.1) is 23.2 Å². The lowest BCUT2D eigenvalue weighted by molar-refractivity contribution is -0.161. The van der Waals surface area contributed by atoms with Crippen molar-refractivity contribution >= 4 is 17.9 Å². The smallest absolute Gasteiger partial charge is 0.317 e. The maximum absolute atomic E-state index is 13.4. The summed E-state index contributed by atoms with van der Waals surface area (Å²) in [6.07, 6.45) is 8.71. The van der Waals surface area contributed by atoms with E-state index in [9.17, 15) is 4.79 Å². The van der Waals surface area contributed by atoms with Crippen molar-refractivity contribution in [3.63, 3.8) is 0 Å². The predicted molar refractivity (Wildman–Crippen MR) is 138 cm³/mol. The minimum atomic E-state index is -0.291. The third-order valence-corrected chi connectivity index (χ3v) is 8.20. The van der Waals surface area contributed by atoms with Gasteiger partial charge in [-0.3, -0.25) is 9.79 Å². The van der Waals surface area contributed by atoms with Crippen molar-refractivity contribution in [2.75, 3.05) is 7.11 Å². The number of rotatable bonds is 6. The first kappa shape index (κ1) is 22.1. The van der Waals surface area contributed by atoms with Crippen molar-refractivity contribution < 1.29 is 14.3 Å². The Morgan fingerprint density at radius 3 is 2.20 bits per heavy atom. The van der Waals surface area contributed by atoms with Gasteiger partial charge in [-0.2, -0.15) is 0 Å². The van der Waals surface area contributed by atoms with E-state index in [1.54, 1.807) is 7.11 Å². The maximum Gasteiger partial charge on any atom is 0.317 e. The number of esters is 1. The second kappa shape index (κ2) is 8.99. The van der Waals surface area contributed by atoms with Gasteiger partial charge in [-0.25, -0.2) is 0 Å². The van der Waals surface area contributed by atoms with E-state index in [4.69, 9.17) is 14.5 Å². The Balaban J connectivity index is 1.21. The molecular weight excluding hydrogens is 434 g/mol. The van der Waals surface area contributed by atoms with Gasteiger partial charge in [-0.05, 0) is 91.7 Å². The lowest BCUT2D eigenvalue weighted by Crippen LogP contribution is -2.51. The van der Waals surface area contributed by atoms with Gasteiger partial charge in [0.1, 0.15) is 0 Å². The minimum absolute atomic E-state index is 0.0619. The summed E-state index contributed by atoms with van der Waals surface area (Å²) in [6, 6.07) is 24.0. The molecule has 0 heterocycles. The van der Waals surface area contributed by atoms with Gasteiger partial charge in [0.2, 0.25) is 0 Å². The van der Waals surface area contributed by atoms with Crippen molar-refractivity contribution in [3.05, 3.63) is 78.4 Å². The number of benzene rings is 3. The van der Waals surface area contributed by atoms with Crippen LogP contribution in [-0.2, 0) is 4.79 Å². The largest absolute Gasteiger partial charge is 0.493 e. The van der Waals surface area contributed by atoms with Crippen LogP contribution in [0.15, 0.2) is 77.8 Å². The average molecular weight is 466 g/mol. The molecule has 4 aliphatic carbocycles. The molecule has 178 valence electrons. The number of carbonyl (C=O) groups excluding carboxylic acids is 1. The first-order valence-corrected chi connectivity index (χ1v) is 12.7. The highest BCUT2D eigenvalue weighted by Gasteiger charge is 2.55. The Bertz CT molecular complexity index is 1230. The molecule has 0 amide bonds. The van der Waals surface area contributed by atoms with E-state index in [2.05, 4.69) is 18.2 Å². The van der Waals surface area contributed by atoms with Crippen LogP contribution < -0.4 is 9.47 Å². The Labute approximate surface area is 207 Å². The summed E-state index contributed by atoms with van der Waals surface area (Å²) in [6.45, 7) is 0. The zero-order chi connectivity index (χ0) is 23.8. The Hall–Kier alpha value is -3.40. The Morgan fingerprint density at radius 2 is 1.51 bits per heavy atom. The summed E-state index contributed by atoms with van der Waals surface area (Å²) in [5, 5.41) is 0. The highest BCUT2D eigenvalue weighted by molar-refractivity contribution is 5.87. The second-order valence-electron chi connectivity index (χ2n) is 10.6. The number of carbonyl (C=O) groups is 1. The Morgan fingerprint density at radius 1 is 0.857 bits per heavy atom. The molecule has 0 aliphatic heterocycles. The molecule has 0 spiro atoms. The van der Waals surface area contributed by atoms with Crippen LogP contribution in [0.3, 0.4) is 0 Å². The van der Waals surface area contributed by atoms with E-state index in [-0.39, 0.29) is 11.4 Å². The normalized spacial score (nSPS) is 26.7. The summed E-state index contributed by atoms with van der Waals surface area (Å²) in [7, 11) is 1.61. The third kappa shape index (κ3) is 4.27. The summed E-state index contributed by atoms with van der Waals surface area (Å²) < 4.78 is 11.6. The fourth-order valence-corrected chi connectivity index (χ4v) is 7.01.